The standard InChI is InChI=1S/C24H26N2O5/c1-4-29-21-11-10-18(13-22(21)30-5-2)24(27)26-16-17-9-12-23(25-15-17)31-20-8-6-7-19(14-20)28-3/h6-15H,4-5,16H2,1-3H3,(H,26,27). The van der Waals surface area contributed by atoms with Crippen molar-refractivity contribution in [2.45, 2.75) is 20.4 Å². The highest BCUT2D eigenvalue weighted by Gasteiger charge is 2.11. The third-order valence-corrected chi connectivity index (χ3v) is 4.32. The Morgan fingerprint density at radius 2 is 1.71 bits per heavy atom. The zero-order valence-corrected chi connectivity index (χ0v) is 17.9. The molecule has 2 aromatic carbocycles. The van der Waals surface area contributed by atoms with Gasteiger partial charge >= 0.3 is 0 Å². The maximum Gasteiger partial charge on any atom is 0.251 e. The van der Waals surface area contributed by atoms with Crippen molar-refractivity contribution >= 4 is 5.91 Å². The molecule has 0 radical (unpaired) electrons. The molecule has 0 aliphatic carbocycles. The predicted octanol–water partition coefficient (Wildman–Crippen LogP) is 4.61. The van der Waals surface area contributed by atoms with Gasteiger partial charge < -0.3 is 24.3 Å². The second-order valence-electron chi connectivity index (χ2n) is 6.50. The number of aromatic nitrogens is 1. The van der Waals surface area contributed by atoms with E-state index in [0.717, 1.165) is 5.56 Å². The predicted molar refractivity (Wildman–Crippen MR) is 117 cm³/mol. The molecule has 3 aromatic rings. The van der Waals surface area contributed by atoms with Crippen molar-refractivity contribution < 1.29 is 23.7 Å². The molecular weight excluding hydrogens is 396 g/mol. The van der Waals surface area contributed by atoms with E-state index in [9.17, 15) is 4.79 Å². The van der Waals surface area contributed by atoms with E-state index < -0.39 is 0 Å². The normalized spacial score (nSPS) is 10.3. The molecule has 0 bridgehead atoms. The lowest BCUT2D eigenvalue weighted by atomic mass is 10.2. The minimum absolute atomic E-state index is 0.208. The SMILES string of the molecule is CCOc1ccc(C(=O)NCc2ccc(Oc3cccc(OC)c3)nc2)cc1OCC. The van der Waals surface area contributed by atoms with Crippen molar-refractivity contribution in [2.24, 2.45) is 0 Å². The zero-order chi connectivity index (χ0) is 22.1. The van der Waals surface area contributed by atoms with Gasteiger partial charge in [0.2, 0.25) is 5.88 Å². The fraction of sp³-hybridized carbons (Fsp3) is 0.250. The van der Waals surface area contributed by atoms with Gasteiger partial charge in [0.25, 0.3) is 5.91 Å². The summed E-state index contributed by atoms with van der Waals surface area (Å²) in [6, 6.07) is 16.0. The van der Waals surface area contributed by atoms with Gasteiger partial charge in [-0.3, -0.25) is 4.79 Å². The lowest BCUT2D eigenvalue weighted by Gasteiger charge is -2.12. The minimum Gasteiger partial charge on any atom is -0.497 e. The second-order valence-corrected chi connectivity index (χ2v) is 6.50. The maximum atomic E-state index is 12.5. The van der Waals surface area contributed by atoms with Gasteiger partial charge in [0.1, 0.15) is 11.5 Å². The van der Waals surface area contributed by atoms with Crippen LogP contribution in [0.4, 0.5) is 0 Å². The fourth-order valence-corrected chi connectivity index (χ4v) is 2.84. The molecule has 0 fully saturated rings. The third kappa shape index (κ3) is 6.12. The number of methoxy groups -OCH3 is 1. The summed E-state index contributed by atoms with van der Waals surface area (Å²) in [6.45, 7) is 5.13. The lowest BCUT2D eigenvalue weighted by Crippen LogP contribution is -2.23. The van der Waals surface area contributed by atoms with Crippen LogP contribution in [0, 0.1) is 0 Å². The summed E-state index contributed by atoms with van der Waals surface area (Å²) in [7, 11) is 1.60. The number of hydrogen-bond donors (Lipinski definition) is 1. The number of nitrogens with zero attached hydrogens (tertiary/aromatic N) is 1. The van der Waals surface area contributed by atoms with Crippen LogP contribution in [0.1, 0.15) is 29.8 Å². The Hall–Kier alpha value is -3.74. The summed E-state index contributed by atoms with van der Waals surface area (Å²) in [4.78, 5) is 16.8. The van der Waals surface area contributed by atoms with Crippen LogP contribution in [0.3, 0.4) is 0 Å². The van der Waals surface area contributed by atoms with Crippen molar-refractivity contribution in [3.05, 3.63) is 71.9 Å². The van der Waals surface area contributed by atoms with Crippen LogP contribution < -0.4 is 24.3 Å². The number of rotatable bonds is 10. The van der Waals surface area contributed by atoms with Gasteiger partial charge in [-0.05, 0) is 49.7 Å². The van der Waals surface area contributed by atoms with Crippen molar-refractivity contribution in [1.82, 2.24) is 10.3 Å². The Morgan fingerprint density at radius 3 is 2.42 bits per heavy atom. The average Bonchev–Trinajstić information content (AvgIpc) is 2.80. The van der Waals surface area contributed by atoms with E-state index in [1.165, 1.54) is 0 Å². The number of benzene rings is 2. The van der Waals surface area contributed by atoms with Crippen molar-refractivity contribution in [3.8, 4) is 28.9 Å². The molecule has 0 atom stereocenters. The van der Waals surface area contributed by atoms with Crippen LogP contribution >= 0.6 is 0 Å². The molecule has 31 heavy (non-hydrogen) atoms. The van der Waals surface area contributed by atoms with Crippen molar-refractivity contribution in [3.63, 3.8) is 0 Å². The Morgan fingerprint density at radius 1 is 0.935 bits per heavy atom. The minimum atomic E-state index is -0.208. The first kappa shape index (κ1) is 22.0. The van der Waals surface area contributed by atoms with Crippen molar-refractivity contribution in [2.75, 3.05) is 20.3 Å². The summed E-state index contributed by atoms with van der Waals surface area (Å²) >= 11 is 0. The molecule has 0 aliphatic heterocycles. The van der Waals surface area contributed by atoms with Crippen LogP contribution in [0.15, 0.2) is 60.8 Å². The quantitative estimate of drug-likeness (QED) is 0.514. The Kier molecular flexibility index (Phi) is 7.70. The number of ether oxygens (including phenoxy) is 4. The number of carbonyl (C=O) groups is 1. The van der Waals surface area contributed by atoms with Crippen molar-refractivity contribution in [1.29, 1.82) is 0 Å². The largest absolute Gasteiger partial charge is 0.497 e. The molecule has 162 valence electrons. The van der Waals surface area contributed by atoms with E-state index in [1.807, 2.05) is 38.1 Å². The van der Waals surface area contributed by atoms with E-state index in [2.05, 4.69) is 10.3 Å². The van der Waals surface area contributed by atoms with Crippen LogP contribution in [0.2, 0.25) is 0 Å². The van der Waals surface area contributed by atoms with Crippen LogP contribution in [0.5, 0.6) is 28.9 Å². The molecule has 0 aliphatic rings. The number of nitrogens with one attached hydrogen (secondary N) is 1. The molecule has 7 nitrogen and oxygen atoms in total. The highest BCUT2D eigenvalue weighted by Crippen LogP contribution is 2.28. The van der Waals surface area contributed by atoms with E-state index in [4.69, 9.17) is 18.9 Å². The molecule has 1 aromatic heterocycles. The zero-order valence-electron chi connectivity index (χ0n) is 17.9. The highest BCUT2D eigenvalue weighted by molar-refractivity contribution is 5.94. The van der Waals surface area contributed by atoms with Gasteiger partial charge in [-0.25, -0.2) is 4.98 Å². The monoisotopic (exact) mass is 422 g/mol. The number of carbonyl (C=O) groups excluding carboxylic acids is 1. The third-order valence-electron chi connectivity index (χ3n) is 4.32. The Balaban J connectivity index is 1.59. The van der Waals surface area contributed by atoms with Gasteiger partial charge in [-0.15, -0.1) is 0 Å². The van der Waals surface area contributed by atoms with Gasteiger partial charge in [-0.1, -0.05) is 12.1 Å². The molecule has 0 saturated heterocycles. The van der Waals surface area contributed by atoms with E-state index in [1.54, 1.807) is 43.6 Å². The van der Waals surface area contributed by atoms with Crippen LogP contribution in [0.25, 0.3) is 0 Å². The summed E-state index contributed by atoms with van der Waals surface area (Å²) in [5.41, 5.74) is 1.35. The molecule has 0 saturated carbocycles. The second kappa shape index (κ2) is 10.9. The molecule has 3 rings (SSSR count). The van der Waals surface area contributed by atoms with Gasteiger partial charge in [0.05, 0.1) is 20.3 Å². The maximum absolute atomic E-state index is 12.5. The summed E-state index contributed by atoms with van der Waals surface area (Å²) in [5.74, 6) is 2.76. The van der Waals surface area contributed by atoms with Gasteiger partial charge in [0, 0.05) is 30.4 Å². The Bertz CT molecular complexity index is 1010. The van der Waals surface area contributed by atoms with Crippen LogP contribution in [-0.4, -0.2) is 31.2 Å². The number of amides is 1. The average molecular weight is 422 g/mol. The molecule has 1 heterocycles. The molecule has 0 spiro atoms. The van der Waals surface area contributed by atoms with Crippen LogP contribution in [-0.2, 0) is 6.54 Å². The smallest absolute Gasteiger partial charge is 0.251 e. The fourth-order valence-electron chi connectivity index (χ4n) is 2.84. The summed E-state index contributed by atoms with van der Waals surface area (Å²) in [5, 5.41) is 2.89. The number of pyridine rings is 1. The summed E-state index contributed by atoms with van der Waals surface area (Å²) < 4.78 is 22.0. The summed E-state index contributed by atoms with van der Waals surface area (Å²) in [6.07, 6.45) is 1.67. The molecule has 7 heteroatoms. The highest BCUT2D eigenvalue weighted by atomic mass is 16.5. The molecule has 1 amide bonds. The molecular formula is C24H26N2O5. The number of hydrogen-bond acceptors (Lipinski definition) is 6. The topological polar surface area (TPSA) is 78.9 Å². The first-order chi connectivity index (χ1) is 15.1. The molecule has 0 unspecified atom stereocenters. The van der Waals surface area contributed by atoms with Gasteiger partial charge in [-0.2, -0.15) is 0 Å². The first-order valence-electron chi connectivity index (χ1n) is 10.1. The molecule has 1 N–H and O–H groups in total. The van der Waals surface area contributed by atoms with Gasteiger partial charge in [0.15, 0.2) is 11.5 Å². The van der Waals surface area contributed by atoms with E-state index >= 15 is 0 Å². The Labute approximate surface area is 181 Å². The first-order valence-corrected chi connectivity index (χ1v) is 10.1. The van der Waals surface area contributed by atoms with E-state index in [0.29, 0.717) is 54.2 Å². The van der Waals surface area contributed by atoms with E-state index in [-0.39, 0.29) is 5.91 Å². The lowest BCUT2D eigenvalue weighted by molar-refractivity contribution is 0.0950.